The van der Waals surface area contributed by atoms with E-state index in [1.165, 1.54) is 12.0 Å². The van der Waals surface area contributed by atoms with Gasteiger partial charge in [0.2, 0.25) is 5.91 Å². The molecule has 8 heteroatoms. The van der Waals surface area contributed by atoms with Crippen molar-refractivity contribution in [1.82, 2.24) is 10.2 Å². The van der Waals surface area contributed by atoms with Gasteiger partial charge in [-0.15, -0.1) is 0 Å². The van der Waals surface area contributed by atoms with Gasteiger partial charge in [0.05, 0.1) is 19.6 Å². The zero-order valence-corrected chi connectivity index (χ0v) is 16.2. The highest BCUT2D eigenvalue weighted by molar-refractivity contribution is 5.96. The van der Waals surface area contributed by atoms with Crippen LogP contribution in [0.15, 0.2) is 48.5 Å². The molecule has 0 aliphatic heterocycles. The van der Waals surface area contributed by atoms with E-state index < -0.39 is 41.9 Å². The van der Waals surface area contributed by atoms with Gasteiger partial charge >= 0.3 is 5.97 Å². The number of hydrogen-bond donors (Lipinski definition) is 1. The first-order chi connectivity index (χ1) is 13.8. The van der Waals surface area contributed by atoms with Gasteiger partial charge in [-0.05, 0) is 17.7 Å². The number of carbonyl (C=O) groups is 3. The lowest BCUT2D eigenvalue weighted by atomic mass is 10.1. The SMILES string of the molecule is COC(=O)C(C)CN(Cc1ccccc1)C(=O)CNC(=O)c1cc(F)cc(F)c1. The lowest BCUT2D eigenvalue weighted by Gasteiger charge is -2.25. The number of halogens is 2. The van der Waals surface area contributed by atoms with Crippen LogP contribution in [0.3, 0.4) is 0 Å². The second-order valence-corrected chi connectivity index (χ2v) is 6.52. The number of carbonyl (C=O) groups excluding carboxylic acids is 3. The third kappa shape index (κ3) is 6.67. The summed E-state index contributed by atoms with van der Waals surface area (Å²) in [5, 5.41) is 2.36. The molecule has 29 heavy (non-hydrogen) atoms. The molecule has 0 heterocycles. The third-order valence-electron chi connectivity index (χ3n) is 4.19. The molecule has 2 rings (SSSR count). The largest absolute Gasteiger partial charge is 0.469 e. The standard InChI is InChI=1S/C21H22F2N2O4/c1-14(21(28)29-2)12-25(13-15-6-4-3-5-7-15)19(26)11-24-20(27)16-8-17(22)10-18(23)9-16/h3-10,14H,11-13H2,1-2H3,(H,24,27). The van der Waals surface area contributed by atoms with Gasteiger partial charge in [-0.1, -0.05) is 37.3 Å². The lowest BCUT2D eigenvalue weighted by Crippen LogP contribution is -2.42. The molecule has 6 nitrogen and oxygen atoms in total. The van der Waals surface area contributed by atoms with Gasteiger partial charge < -0.3 is 15.0 Å². The summed E-state index contributed by atoms with van der Waals surface area (Å²) in [7, 11) is 1.26. The first kappa shape index (κ1) is 22.0. The van der Waals surface area contributed by atoms with Gasteiger partial charge in [0.15, 0.2) is 0 Å². The second kappa shape index (κ2) is 10.3. The van der Waals surface area contributed by atoms with Crippen molar-refractivity contribution < 1.29 is 27.9 Å². The second-order valence-electron chi connectivity index (χ2n) is 6.52. The molecular formula is C21H22F2N2O4. The molecule has 154 valence electrons. The Kier molecular flexibility index (Phi) is 7.82. The van der Waals surface area contributed by atoms with Crippen LogP contribution in [0.25, 0.3) is 0 Å². The number of esters is 1. The maximum absolute atomic E-state index is 13.3. The number of ether oxygens (including phenoxy) is 1. The summed E-state index contributed by atoms with van der Waals surface area (Å²) in [5.74, 6) is -4.04. The summed E-state index contributed by atoms with van der Waals surface area (Å²) in [6, 6.07) is 11.6. The number of rotatable bonds is 8. The lowest BCUT2D eigenvalue weighted by molar-refractivity contribution is -0.146. The highest BCUT2D eigenvalue weighted by Gasteiger charge is 2.22. The number of nitrogens with one attached hydrogen (secondary N) is 1. The summed E-state index contributed by atoms with van der Waals surface area (Å²) in [6.45, 7) is 1.55. The van der Waals surface area contributed by atoms with Gasteiger partial charge in [-0.25, -0.2) is 8.78 Å². The number of benzene rings is 2. The van der Waals surface area contributed by atoms with Crippen molar-refractivity contribution in [2.75, 3.05) is 20.2 Å². The Balaban J connectivity index is 2.07. The number of hydrogen-bond acceptors (Lipinski definition) is 4. The Morgan fingerprint density at radius 1 is 1.07 bits per heavy atom. The van der Waals surface area contributed by atoms with Crippen molar-refractivity contribution >= 4 is 17.8 Å². The summed E-state index contributed by atoms with van der Waals surface area (Å²) >= 11 is 0. The average molecular weight is 404 g/mol. The van der Waals surface area contributed by atoms with Crippen molar-refractivity contribution in [2.24, 2.45) is 5.92 Å². The van der Waals surface area contributed by atoms with Crippen LogP contribution in [0.5, 0.6) is 0 Å². The van der Waals surface area contributed by atoms with E-state index in [0.29, 0.717) is 6.07 Å². The molecular weight excluding hydrogens is 382 g/mol. The molecule has 0 aliphatic rings. The van der Waals surface area contributed by atoms with Crippen LogP contribution in [-0.2, 0) is 20.9 Å². The third-order valence-corrected chi connectivity index (χ3v) is 4.19. The molecule has 0 radical (unpaired) electrons. The minimum absolute atomic E-state index is 0.0882. The number of methoxy groups -OCH3 is 1. The first-order valence-electron chi connectivity index (χ1n) is 8.94. The van der Waals surface area contributed by atoms with Gasteiger partial charge in [0.25, 0.3) is 5.91 Å². The molecule has 2 aromatic rings. The van der Waals surface area contributed by atoms with E-state index in [9.17, 15) is 23.2 Å². The smallest absolute Gasteiger partial charge is 0.310 e. The molecule has 2 amide bonds. The predicted molar refractivity (Wildman–Crippen MR) is 102 cm³/mol. The Labute approximate surface area is 167 Å². The molecule has 0 saturated heterocycles. The van der Waals surface area contributed by atoms with Gasteiger partial charge in [0, 0.05) is 24.7 Å². The fraction of sp³-hybridized carbons (Fsp3) is 0.286. The Morgan fingerprint density at radius 3 is 2.28 bits per heavy atom. The quantitative estimate of drug-likeness (QED) is 0.686. The molecule has 2 aromatic carbocycles. The summed E-state index contributed by atoms with van der Waals surface area (Å²) in [5.41, 5.74) is 0.615. The van der Waals surface area contributed by atoms with E-state index in [2.05, 4.69) is 5.32 Å². The van der Waals surface area contributed by atoms with E-state index in [0.717, 1.165) is 17.7 Å². The fourth-order valence-electron chi connectivity index (χ4n) is 2.72. The number of amides is 2. The van der Waals surface area contributed by atoms with Gasteiger partial charge in [-0.3, -0.25) is 14.4 Å². The van der Waals surface area contributed by atoms with Crippen molar-refractivity contribution in [1.29, 1.82) is 0 Å². The minimum Gasteiger partial charge on any atom is -0.469 e. The van der Waals surface area contributed by atoms with E-state index >= 15 is 0 Å². The highest BCUT2D eigenvalue weighted by atomic mass is 19.1. The molecule has 0 saturated carbocycles. The van der Waals surface area contributed by atoms with Crippen molar-refractivity contribution in [2.45, 2.75) is 13.5 Å². The Morgan fingerprint density at radius 2 is 1.69 bits per heavy atom. The maximum atomic E-state index is 13.3. The van der Waals surface area contributed by atoms with Crippen LogP contribution >= 0.6 is 0 Å². The van der Waals surface area contributed by atoms with Crippen LogP contribution in [-0.4, -0.2) is 42.9 Å². The van der Waals surface area contributed by atoms with Crippen molar-refractivity contribution in [3.8, 4) is 0 Å². The van der Waals surface area contributed by atoms with Crippen LogP contribution in [0.4, 0.5) is 8.78 Å². The molecule has 0 spiro atoms. The monoisotopic (exact) mass is 404 g/mol. The first-order valence-corrected chi connectivity index (χ1v) is 8.94. The van der Waals surface area contributed by atoms with Gasteiger partial charge in [0.1, 0.15) is 11.6 Å². The molecule has 1 N–H and O–H groups in total. The summed E-state index contributed by atoms with van der Waals surface area (Å²) in [4.78, 5) is 38.0. The zero-order chi connectivity index (χ0) is 21.4. The highest BCUT2D eigenvalue weighted by Crippen LogP contribution is 2.10. The summed E-state index contributed by atoms with van der Waals surface area (Å²) in [6.07, 6.45) is 0. The average Bonchev–Trinajstić information content (AvgIpc) is 2.70. The van der Waals surface area contributed by atoms with Crippen LogP contribution in [0.1, 0.15) is 22.8 Å². The predicted octanol–water partition coefficient (Wildman–Crippen LogP) is 2.53. The van der Waals surface area contributed by atoms with Crippen LogP contribution < -0.4 is 5.32 Å². The Bertz CT molecular complexity index is 854. The molecule has 0 fully saturated rings. The van der Waals surface area contributed by atoms with E-state index in [1.807, 2.05) is 30.3 Å². The number of nitrogens with zero attached hydrogens (tertiary/aromatic N) is 1. The Hall–Kier alpha value is -3.29. The molecule has 0 bridgehead atoms. The zero-order valence-electron chi connectivity index (χ0n) is 16.2. The normalized spacial score (nSPS) is 11.4. The van der Waals surface area contributed by atoms with E-state index in [-0.39, 0.29) is 18.7 Å². The van der Waals surface area contributed by atoms with Crippen LogP contribution in [0.2, 0.25) is 0 Å². The van der Waals surface area contributed by atoms with Crippen molar-refractivity contribution in [3.63, 3.8) is 0 Å². The molecule has 0 aromatic heterocycles. The van der Waals surface area contributed by atoms with Gasteiger partial charge in [-0.2, -0.15) is 0 Å². The minimum atomic E-state index is -0.890. The topological polar surface area (TPSA) is 75.7 Å². The molecule has 1 unspecified atom stereocenters. The van der Waals surface area contributed by atoms with Crippen molar-refractivity contribution in [3.05, 3.63) is 71.3 Å². The fourth-order valence-corrected chi connectivity index (χ4v) is 2.72. The summed E-state index contributed by atoms with van der Waals surface area (Å²) < 4.78 is 31.2. The maximum Gasteiger partial charge on any atom is 0.310 e. The molecule has 0 aliphatic carbocycles. The molecule has 1 atom stereocenters. The van der Waals surface area contributed by atoms with E-state index in [1.54, 1.807) is 6.92 Å². The van der Waals surface area contributed by atoms with E-state index in [4.69, 9.17) is 4.74 Å². The van der Waals surface area contributed by atoms with Crippen LogP contribution in [0, 0.1) is 17.6 Å².